The van der Waals surface area contributed by atoms with Gasteiger partial charge in [-0.2, -0.15) is 0 Å². The zero-order valence-electron chi connectivity index (χ0n) is 29.0. The molecular formula is C33H45N5O11S. The van der Waals surface area contributed by atoms with Crippen LogP contribution in [0.5, 0.6) is 11.5 Å². The Labute approximate surface area is 291 Å². The monoisotopic (exact) mass is 719 g/mol. The molecule has 17 heteroatoms. The Kier molecular flexibility index (Phi) is 9.77. The number of ether oxygens (including phenoxy) is 4. The molecule has 4 N–H and O–H groups in total. The molecule has 4 aliphatic rings. The fourth-order valence-corrected chi connectivity index (χ4v) is 7.27. The third kappa shape index (κ3) is 8.25. The summed E-state index contributed by atoms with van der Waals surface area (Å²) in [5, 5.41) is 7.24. The summed E-state index contributed by atoms with van der Waals surface area (Å²) in [6.45, 7) is 13.7. The maximum Gasteiger partial charge on any atom is 0.411 e. The van der Waals surface area contributed by atoms with Crippen LogP contribution in [-0.2, 0) is 33.9 Å². The number of nitrogens with one attached hydrogen (secondary N) is 4. The SMILES string of the molecule is C=CC1C[C@]1(NC(=O)[C@@H]1C[C@@H](OC(=O)Nc2ccc3c(c2)OCO3)CN1C(=O)[C@@H](NC(=O)OC(C)(C)C)C(C)(C)C)C(=O)NS(=O)(=O)C1CC1. The van der Waals surface area contributed by atoms with Gasteiger partial charge in [-0.3, -0.25) is 24.4 Å². The first kappa shape index (κ1) is 36.7. The Bertz CT molecular complexity index is 1680. The molecule has 1 aromatic carbocycles. The Morgan fingerprint density at radius 3 is 2.32 bits per heavy atom. The fourth-order valence-electron chi connectivity index (χ4n) is 5.91. The van der Waals surface area contributed by atoms with E-state index < -0.39 is 85.8 Å². The second-order valence-corrected chi connectivity index (χ2v) is 17.1. The van der Waals surface area contributed by atoms with Crippen LogP contribution in [-0.4, -0.2) is 91.1 Å². The molecule has 2 aliphatic heterocycles. The predicted molar refractivity (Wildman–Crippen MR) is 178 cm³/mol. The van der Waals surface area contributed by atoms with Gasteiger partial charge in [0.05, 0.1) is 11.8 Å². The Morgan fingerprint density at radius 2 is 1.72 bits per heavy atom. The van der Waals surface area contributed by atoms with Crippen molar-refractivity contribution in [2.75, 3.05) is 18.7 Å². The topological polar surface area (TPSA) is 208 Å². The Balaban J connectivity index is 1.37. The molecule has 2 aliphatic carbocycles. The van der Waals surface area contributed by atoms with E-state index in [9.17, 15) is 32.4 Å². The Morgan fingerprint density at radius 1 is 1.04 bits per heavy atom. The van der Waals surface area contributed by atoms with E-state index in [4.69, 9.17) is 18.9 Å². The number of rotatable bonds is 10. The number of likely N-dealkylation sites (tertiary alicyclic amines) is 1. The summed E-state index contributed by atoms with van der Waals surface area (Å²) in [6, 6.07) is 2.31. The first-order valence-corrected chi connectivity index (χ1v) is 17.9. The van der Waals surface area contributed by atoms with Gasteiger partial charge in [0, 0.05) is 24.1 Å². The van der Waals surface area contributed by atoms with Crippen molar-refractivity contribution in [2.24, 2.45) is 11.3 Å². The molecular weight excluding hydrogens is 674 g/mol. The average molecular weight is 720 g/mol. The van der Waals surface area contributed by atoms with Crippen LogP contribution in [0.4, 0.5) is 15.3 Å². The highest BCUT2D eigenvalue weighted by atomic mass is 32.2. The van der Waals surface area contributed by atoms with Crippen molar-refractivity contribution in [3.8, 4) is 11.5 Å². The smallest absolute Gasteiger partial charge is 0.411 e. The average Bonchev–Trinajstić information content (AvgIpc) is 3.88. The predicted octanol–water partition coefficient (Wildman–Crippen LogP) is 2.54. The number of alkyl carbamates (subject to hydrolysis) is 1. The van der Waals surface area contributed by atoms with E-state index in [0.29, 0.717) is 30.0 Å². The summed E-state index contributed by atoms with van der Waals surface area (Å²) in [5.41, 5.74) is -2.98. The van der Waals surface area contributed by atoms with Crippen LogP contribution in [0.25, 0.3) is 0 Å². The number of carbonyl (C=O) groups excluding carboxylic acids is 5. The van der Waals surface area contributed by atoms with Crippen molar-refractivity contribution < 1.29 is 51.3 Å². The van der Waals surface area contributed by atoms with Gasteiger partial charge in [-0.25, -0.2) is 18.0 Å². The summed E-state index contributed by atoms with van der Waals surface area (Å²) in [4.78, 5) is 68.7. The van der Waals surface area contributed by atoms with Gasteiger partial charge in [0.2, 0.25) is 28.6 Å². The molecule has 0 spiro atoms. The lowest BCUT2D eigenvalue weighted by molar-refractivity contribution is -0.143. The van der Waals surface area contributed by atoms with E-state index in [1.165, 1.54) is 11.0 Å². The highest BCUT2D eigenvalue weighted by Crippen LogP contribution is 2.45. The van der Waals surface area contributed by atoms with Crippen LogP contribution >= 0.6 is 0 Å². The molecule has 5 rings (SSSR count). The summed E-state index contributed by atoms with van der Waals surface area (Å²) in [7, 11) is -3.93. The zero-order valence-corrected chi connectivity index (χ0v) is 29.8. The summed E-state index contributed by atoms with van der Waals surface area (Å²) >= 11 is 0. The van der Waals surface area contributed by atoms with Gasteiger partial charge in [-0.1, -0.05) is 26.8 Å². The molecule has 1 unspecified atom stereocenters. The van der Waals surface area contributed by atoms with Gasteiger partial charge < -0.3 is 34.5 Å². The van der Waals surface area contributed by atoms with Gasteiger partial charge in [-0.05, 0) is 57.6 Å². The molecule has 1 aromatic rings. The largest absolute Gasteiger partial charge is 0.454 e. The van der Waals surface area contributed by atoms with Gasteiger partial charge in [0.1, 0.15) is 29.3 Å². The molecule has 274 valence electrons. The van der Waals surface area contributed by atoms with Crippen molar-refractivity contribution in [1.29, 1.82) is 0 Å². The van der Waals surface area contributed by atoms with Crippen LogP contribution in [0, 0.1) is 11.3 Å². The molecule has 5 amide bonds. The van der Waals surface area contributed by atoms with Crippen LogP contribution in [0.15, 0.2) is 30.9 Å². The van der Waals surface area contributed by atoms with Crippen molar-refractivity contribution in [3.63, 3.8) is 0 Å². The number of sulfonamides is 1. The van der Waals surface area contributed by atoms with Gasteiger partial charge >= 0.3 is 12.2 Å². The van der Waals surface area contributed by atoms with Gasteiger partial charge in [0.15, 0.2) is 11.5 Å². The summed E-state index contributed by atoms with van der Waals surface area (Å²) < 4.78 is 49.0. The Hall–Kier alpha value is -4.54. The number of amides is 5. The molecule has 2 heterocycles. The maximum atomic E-state index is 14.3. The number of fused-ring (bicyclic) bond motifs is 1. The molecule has 5 atom stereocenters. The first-order chi connectivity index (χ1) is 23.2. The quantitative estimate of drug-likeness (QED) is 0.259. The van der Waals surface area contributed by atoms with Gasteiger partial charge in [-0.15, -0.1) is 6.58 Å². The highest BCUT2D eigenvalue weighted by molar-refractivity contribution is 7.91. The molecule has 50 heavy (non-hydrogen) atoms. The molecule has 0 bridgehead atoms. The molecule has 16 nitrogen and oxygen atoms in total. The van der Waals surface area contributed by atoms with Crippen molar-refractivity contribution in [1.82, 2.24) is 20.3 Å². The lowest BCUT2D eigenvalue weighted by Crippen LogP contribution is -2.60. The third-order valence-electron chi connectivity index (χ3n) is 8.76. The van der Waals surface area contributed by atoms with Crippen LogP contribution in [0.2, 0.25) is 0 Å². The second kappa shape index (κ2) is 13.3. The normalized spacial score (nSPS) is 24.8. The lowest BCUT2D eigenvalue weighted by atomic mass is 9.85. The molecule has 1 saturated heterocycles. The number of hydrogen-bond donors (Lipinski definition) is 4. The molecule has 0 radical (unpaired) electrons. The third-order valence-corrected chi connectivity index (χ3v) is 10.6. The number of benzene rings is 1. The molecule has 0 aromatic heterocycles. The highest BCUT2D eigenvalue weighted by Gasteiger charge is 2.62. The van der Waals surface area contributed by atoms with Crippen LogP contribution in [0.1, 0.15) is 67.2 Å². The lowest BCUT2D eigenvalue weighted by Gasteiger charge is -2.36. The van der Waals surface area contributed by atoms with E-state index in [-0.39, 0.29) is 26.2 Å². The van der Waals surface area contributed by atoms with Crippen LogP contribution < -0.4 is 30.1 Å². The zero-order chi connectivity index (χ0) is 36.8. The first-order valence-electron chi connectivity index (χ1n) is 16.4. The minimum atomic E-state index is -3.93. The molecule has 3 fully saturated rings. The van der Waals surface area contributed by atoms with E-state index in [1.807, 2.05) is 0 Å². The number of carbonyl (C=O) groups is 5. The van der Waals surface area contributed by atoms with E-state index in [0.717, 1.165) is 0 Å². The van der Waals surface area contributed by atoms with Gasteiger partial charge in [0.25, 0.3) is 5.91 Å². The standard InChI is InChI=1S/C33H45N5O11S/c1-8-18-15-33(18,28(41)37-50(44,45)21-10-11-21)36-26(39)22-14-20(48-29(42)34-19-9-12-23-24(13-19)47-17-46-23)16-38(22)27(40)25(31(2,3)4)35-30(43)49-32(5,6)7/h8-9,12-13,18,20-22,25H,1,10-11,14-17H2,2-7H3,(H,34,42)(H,35,43)(H,36,39)(H,37,41)/t18?,20-,22+,25-,33-/m1/s1. The fraction of sp³-hybridized carbons (Fsp3) is 0.606. The maximum absolute atomic E-state index is 14.3. The summed E-state index contributed by atoms with van der Waals surface area (Å²) in [6.07, 6.45) is -0.445. The minimum Gasteiger partial charge on any atom is -0.454 e. The van der Waals surface area contributed by atoms with E-state index in [1.54, 1.807) is 59.7 Å². The van der Waals surface area contributed by atoms with Crippen molar-refractivity contribution in [3.05, 3.63) is 30.9 Å². The number of anilines is 1. The molecule has 2 saturated carbocycles. The second-order valence-electron chi connectivity index (χ2n) is 15.1. The number of hydrogen-bond acceptors (Lipinski definition) is 11. The number of nitrogens with zero attached hydrogens (tertiary/aromatic N) is 1. The minimum absolute atomic E-state index is 0.0454. The van der Waals surface area contributed by atoms with E-state index >= 15 is 0 Å². The van der Waals surface area contributed by atoms with Crippen molar-refractivity contribution >= 4 is 45.6 Å². The van der Waals surface area contributed by atoms with Crippen LogP contribution in [0.3, 0.4) is 0 Å². The van der Waals surface area contributed by atoms with Crippen molar-refractivity contribution in [2.45, 2.75) is 102 Å². The van der Waals surface area contributed by atoms with E-state index in [2.05, 4.69) is 27.3 Å². The summed E-state index contributed by atoms with van der Waals surface area (Å²) in [5.74, 6) is -1.94.